The molecule has 5 nitrogen and oxygen atoms in total. The molecule has 1 aromatic carbocycles. The normalized spacial score (nSPS) is 11.5. The summed E-state index contributed by atoms with van der Waals surface area (Å²) in [7, 11) is -3.36. The summed E-state index contributed by atoms with van der Waals surface area (Å²) in [6, 6.07) is 5.58. The maximum absolute atomic E-state index is 11.6. The molecule has 0 atom stereocenters. The van der Waals surface area contributed by atoms with Gasteiger partial charge in [-0.15, -0.1) is 0 Å². The quantitative estimate of drug-likeness (QED) is 0.842. The summed E-state index contributed by atoms with van der Waals surface area (Å²) in [4.78, 5) is 10.6. The van der Waals surface area contributed by atoms with Crippen molar-refractivity contribution in [2.75, 3.05) is 10.5 Å². The van der Waals surface area contributed by atoms with Crippen LogP contribution in [-0.4, -0.2) is 25.2 Å². The van der Waals surface area contributed by atoms with E-state index in [1.54, 1.807) is 0 Å². The van der Waals surface area contributed by atoms with Crippen LogP contribution >= 0.6 is 0 Å². The summed E-state index contributed by atoms with van der Waals surface area (Å²) >= 11 is 0. The molecule has 94 valence electrons. The maximum Gasteiger partial charge on any atom is 0.335 e. The number of hydrogen-bond acceptors (Lipinski definition) is 3. The van der Waals surface area contributed by atoms with Crippen LogP contribution in [0.4, 0.5) is 5.69 Å². The monoisotopic (exact) mass is 257 g/mol. The van der Waals surface area contributed by atoms with Crippen LogP contribution in [0.25, 0.3) is 0 Å². The molecule has 17 heavy (non-hydrogen) atoms. The highest BCUT2D eigenvalue weighted by molar-refractivity contribution is 7.92. The fraction of sp³-hybridized carbons (Fsp3) is 0.364. The first-order valence-corrected chi connectivity index (χ1v) is 6.79. The van der Waals surface area contributed by atoms with Gasteiger partial charge in [0.1, 0.15) is 0 Å². The van der Waals surface area contributed by atoms with Crippen LogP contribution in [0.1, 0.15) is 24.2 Å². The van der Waals surface area contributed by atoms with E-state index in [0.717, 1.165) is 0 Å². The van der Waals surface area contributed by atoms with Gasteiger partial charge in [-0.25, -0.2) is 13.2 Å². The van der Waals surface area contributed by atoms with E-state index in [2.05, 4.69) is 4.72 Å². The number of nitrogens with one attached hydrogen (secondary N) is 1. The topological polar surface area (TPSA) is 83.5 Å². The van der Waals surface area contributed by atoms with E-state index in [4.69, 9.17) is 5.11 Å². The lowest BCUT2D eigenvalue weighted by Gasteiger charge is -2.09. The summed E-state index contributed by atoms with van der Waals surface area (Å²) in [5.41, 5.74) is 0.493. The first kappa shape index (κ1) is 13.5. The van der Waals surface area contributed by atoms with Crippen LogP contribution in [0.3, 0.4) is 0 Å². The molecule has 0 amide bonds. The number of carboxylic acid groups (broad SMARTS) is 1. The molecule has 0 radical (unpaired) electrons. The lowest BCUT2D eigenvalue weighted by molar-refractivity contribution is 0.0697. The number of benzene rings is 1. The van der Waals surface area contributed by atoms with Crippen molar-refractivity contribution in [1.82, 2.24) is 0 Å². The van der Waals surface area contributed by atoms with E-state index in [-0.39, 0.29) is 17.2 Å². The zero-order valence-electron chi connectivity index (χ0n) is 9.67. The summed E-state index contributed by atoms with van der Waals surface area (Å²) in [5, 5.41) is 8.69. The SMILES string of the molecule is CC(C)CS(=O)(=O)Nc1ccc(C(=O)O)cc1. The van der Waals surface area contributed by atoms with E-state index >= 15 is 0 Å². The Balaban J connectivity index is 2.79. The van der Waals surface area contributed by atoms with Gasteiger partial charge in [0, 0.05) is 5.69 Å². The molecule has 0 aromatic heterocycles. The largest absolute Gasteiger partial charge is 0.478 e. The zero-order valence-corrected chi connectivity index (χ0v) is 10.5. The van der Waals surface area contributed by atoms with E-state index in [9.17, 15) is 13.2 Å². The molecule has 0 fully saturated rings. The Bertz CT molecular complexity index is 491. The Labute approximate surface area is 101 Å². The fourth-order valence-corrected chi connectivity index (χ4v) is 2.80. The van der Waals surface area contributed by atoms with Gasteiger partial charge in [0.2, 0.25) is 10.0 Å². The number of anilines is 1. The molecule has 2 N–H and O–H groups in total. The molecule has 0 bridgehead atoms. The molecule has 0 aliphatic rings. The molecule has 1 rings (SSSR count). The third-order valence-corrected chi connectivity index (χ3v) is 3.61. The van der Waals surface area contributed by atoms with Gasteiger partial charge in [-0.2, -0.15) is 0 Å². The van der Waals surface area contributed by atoms with Gasteiger partial charge >= 0.3 is 5.97 Å². The number of aromatic carboxylic acids is 1. The van der Waals surface area contributed by atoms with Crippen LogP contribution in [0.15, 0.2) is 24.3 Å². The van der Waals surface area contributed by atoms with Crippen molar-refractivity contribution in [2.24, 2.45) is 5.92 Å². The van der Waals surface area contributed by atoms with Crippen molar-refractivity contribution in [2.45, 2.75) is 13.8 Å². The average molecular weight is 257 g/mol. The Hall–Kier alpha value is -1.56. The van der Waals surface area contributed by atoms with Gasteiger partial charge < -0.3 is 5.11 Å². The summed E-state index contributed by atoms with van der Waals surface area (Å²) < 4.78 is 25.6. The van der Waals surface area contributed by atoms with Gasteiger partial charge in [-0.3, -0.25) is 4.72 Å². The Morgan fingerprint density at radius 3 is 2.24 bits per heavy atom. The molecule has 1 aromatic rings. The molecule has 0 heterocycles. The number of sulfonamides is 1. The molecule has 0 spiro atoms. The molecular weight excluding hydrogens is 242 g/mol. The molecular formula is C11H15NO4S. The minimum Gasteiger partial charge on any atom is -0.478 e. The minimum atomic E-state index is -3.36. The van der Waals surface area contributed by atoms with Crippen LogP contribution in [0.2, 0.25) is 0 Å². The summed E-state index contributed by atoms with van der Waals surface area (Å²) in [6.07, 6.45) is 0. The first-order chi connectivity index (χ1) is 7.80. The highest BCUT2D eigenvalue weighted by atomic mass is 32.2. The highest BCUT2D eigenvalue weighted by Crippen LogP contribution is 2.12. The van der Waals surface area contributed by atoms with E-state index in [1.165, 1.54) is 24.3 Å². The third kappa shape index (κ3) is 4.44. The third-order valence-electron chi connectivity index (χ3n) is 1.96. The van der Waals surface area contributed by atoms with Crippen LogP contribution < -0.4 is 4.72 Å². The first-order valence-electron chi connectivity index (χ1n) is 5.14. The standard InChI is InChI=1S/C11H15NO4S/c1-8(2)7-17(15,16)12-10-5-3-9(4-6-10)11(13)14/h3-6,8,12H,7H2,1-2H3,(H,13,14). The Morgan fingerprint density at radius 2 is 1.82 bits per heavy atom. The van der Waals surface area contributed by atoms with Crippen molar-refractivity contribution < 1.29 is 18.3 Å². The second-order valence-corrected chi connectivity index (χ2v) is 5.93. The summed E-state index contributed by atoms with van der Waals surface area (Å²) in [5.74, 6) is -0.972. The lowest BCUT2D eigenvalue weighted by Crippen LogP contribution is -2.20. The van der Waals surface area contributed by atoms with Crippen molar-refractivity contribution in [3.63, 3.8) is 0 Å². The predicted molar refractivity (Wildman–Crippen MR) is 65.6 cm³/mol. The van der Waals surface area contributed by atoms with Gasteiger partial charge in [-0.05, 0) is 30.2 Å². The van der Waals surface area contributed by atoms with E-state index < -0.39 is 16.0 Å². The van der Waals surface area contributed by atoms with Crippen molar-refractivity contribution in [1.29, 1.82) is 0 Å². The van der Waals surface area contributed by atoms with E-state index in [0.29, 0.717) is 5.69 Å². The highest BCUT2D eigenvalue weighted by Gasteiger charge is 2.13. The van der Waals surface area contributed by atoms with Crippen LogP contribution in [0.5, 0.6) is 0 Å². The molecule has 0 aliphatic carbocycles. The molecule has 6 heteroatoms. The van der Waals surface area contributed by atoms with Gasteiger partial charge in [0.05, 0.1) is 11.3 Å². The lowest BCUT2D eigenvalue weighted by atomic mass is 10.2. The number of rotatable bonds is 5. The Kier molecular flexibility index (Phi) is 4.11. The zero-order chi connectivity index (χ0) is 13.1. The molecule has 0 unspecified atom stereocenters. The smallest absolute Gasteiger partial charge is 0.335 e. The molecule has 0 aliphatic heterocycles. The predicted octanol–water partition coefficient (Wildman–Crippen LogP) is 1.78. The number of carbonyl (C=O) groups is 1. The van der Waals surface area contributed by atoms with Gasteiger partial charge in [0.15, 0.2) is 0 Å². The second kappa shape index (κ2) is 5.18. The van der Waals surface area contributed by atoms with Gasteiger partial charge in [0.25, 0.3) is 0 Å². The minimum absolute atomic E-state index is 0.0331. The fourth-order valence-electron chi connectivity index (χ4n) is 1.34. The van der Waals surface area contributed by atoms with E-state index in [1.807, 2.05) is 13.8 Å². The van der Waals surface area contributed by atoms with Crippen molar-refractivity contribution in [3.05, 3.63) is 29.8 Å². The van der Waals surface area contributed by atoms with Crippen LogP contribution in [0, 0.1) is 5.92 Å². The maximum atomic E-state index is 11.6. The average Bonchev–Trinajstić information content (AvgIpc) is 2.15. The van der Waals surface area contributed by atoms with Gasteiger partial charge in [-0.1, -0.05) is 13.8 Å². The van der Waals surface area contributed by atoms with Crippen molar-refractivity contribution in [3.8, 4) is 0 Å². The number of hydrogen-bond donors (Lipinski definition) is 2. The Morgan fingerprint density at radius 1 is 1.29 bits per heavy atom. The molecule has 0 saturated carbocycles. The number of carboxylic acids is 1. The second-order valence-electron chi connectivity index (χ2n) is 4.16. The van der Waals surface area contributed by atoms with Crippen LogP contribution in [-0.2, 0) is 10.0 Å². The summed E-state index contributed by atoms with van der Waals surface area (Å²) in [6.45, 7) is 3.62. The molecule has 0 saturated heterocycles. The van der Waals surface area contributed by atoms with Crippen molar-refractivity contribution >= 4 is 21.7 Å².